The van der Waals surface area contributed by atoms with E-state index in [0.717, 1.165) is 0 Å². The molecule has 0 bridgehead atoms. The summed E-state index contributed by atoms with van der Waals surface area (Å²) in [5.74, 6) is 1.52. The topological polar surface area (TPSA) is 61.8 Å². The molecule has 2 atom stereocenters. The molecule has 0 unspecified atom stereocenters. The summed E-state index contributed by atoms with van der Waals surface area (Å²) in [7, 11) is 0. The Hall–Kier alpha value is -1.64. The fraction of sp³-hybridized carbons (Fsp3) is 0.455. The van der Waals surface area contributed by atoms with E-state index in [9.17, 15) is 9.59 Å². The Bertz CT molecular complexity index is 339. The van der Waals surface area contributed by atoms with Gasteiger partial charge in [-0.15, -0.1) is 6.42 Å². The SMILES string of the molecule is C#CCO[C@H]1O[C@H](COC(C)=O)C=CC1=O. The smallest absolute Gasteiger partial charge is 0.302 e. The summed E-state index contributed by atoms with van der Waals surface area (Å²) in [5, 5.41) is 0. The van der Waals surface area contributed by atoms with Crippen molar-refractivity contribution in [2.24, 2.45) is 0 Å². The summed E-state index contributed by atoms with van der Waals surface area (Å²) >= 11 is 0. The molecule has 0 aromatic heterocycles. The first kappa shape index (κ1) is 12.4. The number of carbonyl (C=O) groups is 2. The normalized spacial score (nSPS) is 23.9. The van der Waals surface area contributed by atoms with E-state index in [1.54, 1.807) is 0 Å². The van der Waals surface area contributed by atoms with Crippen LogP contribution in [0.5, 0.6) is 0 Å². The first-order valence-electron chi connectivity index (χ1n) is 4.69. The molecule has 0 saturated carbocycles. The van der Waals surface area contributed by atoms with Crippen molar-refractivity contribution in [1.29, 1.82) is 0 Å². The number of terminal acetylenes is 1. The zero-order chi connectivity index (χ0) is 12.0. The van der Waals surface area contributed by atoms with Gasteiger partial charge in [0.05, 0.1) is 0 Å². The van der Waals surface area contributed by atoms with E-state index in [0.29, 0.717) is 0 Å². The first-order chi connectivity index (χ1) is 7.63. The molecule has 0 spiro atoms. The third-order valence-corrected chi connectivity index (χ3v) is 1.77. The lowest BCUT2D eigenvalue weighted by Gasteiger charge is -2.23. The van der Waals surface area contributed by atoms with Gasteiger partial charge < -0.3 is 14.2 Å². The van der Waals surface area contributed by atoms with Crippen LogP contribution in [-0.4, -0.2) is 37.4 Å². The van der Waals surface area contributed by atoms with Crippen LogP contribution >= 0.6 is 0 Å². The molecule has 0 fully saturated rings. The van der Waals surface area contributed by atoms with Gasteiger partial charge in [0, 0.05) is 6.92 Å². The molecule has 1 aliphatic rings. The summed E-state index contributed by atoms with van der Waals surface area (Å²) in [6.45, 7) is 1.34. The van der Waals surface area contributed by atoms with E-state index in [4.69, 9.17) is 20.6 Å². The molecule has 0 aromatic rings. The van der Waals surface area contributed by atoms with Crippen LogP contribution in [0.2, 0.25) is 0 Å². The van der Waals surface area contributed by atoms with Crippen molar-refractivity contribution < 1.29 is 23.8 Å². The average Bonchev–Trinajstić information content (AvgIpc) is 2.26. The largest absolute Gasteiger partial charge is 0.463 e. The van der Waals surface area contributed by atoms with Gasteiger partial charge in [-0.05, 0) is 12.2 Å². The Morgan fingerprint density at radius 1 is 1.69 bits per heavy atom. The van der Waals surface area contributed by atoms with Crippen molar-refractivity contribution >= 4 is 11.8 Å². The zero-order valence-corrected chi connectivity index (χ0v) is 8.84. The quantitative estimate of drug-likeness (QED) is 0.498. The number of esters is 1. The minimum absolute atomic E-state index is 0.00939. The van der Waals surface area contributed by atoms with Crippen LogP contribution in [0.15, 0.2) is 12.2 Å². The molecule has 0 saturated heterocycles. The van der Waals surface area contributed by atoms with Gasteiger partial charge in [0.15, 0.2) is 0 Å². The molecule has 1 rings (SSSR count). The standard InChI is InChI=1S/C11H12O5/c1-3-6-14-11-10(13)5-4-9(16-11)7-15-8(2)12/h1,4-5,9,11H,6-7H2,2H3/t9-,11-/m0/s1. The van der Waals surface area contributed by atoms with Crippen molar-refractivity contribution in [3.63, 3.8) is 0 Å². The van der Waals surface area contributed by atoms with Gasteiger partial charge in [-0.2, -0.15) is 0 Å². The highest BCUT2D eigenvalue weighted by Crippen LogP contribution is 2.11. The Balaban J connectivity index is 2.46. The Morgan fingerprint density at radius 3 is 3.06 bits per heavy atom. The maximum absolute atomic E-state index is 11.3. The van der Waals surface area contributed by atoms with Crippen LogP contribution < -0.4 is 0 Å². The summed E-state index contributed by atoms with van der Waals surface area (Å²) in [6, 6.07) is 0. The van der Waals surface area contributed by atoms with Crippen LogP contribution in [0.1, 0.15) is 6.92 Å². The summed E-state index contributed by atoms with van der Waals surface area (Å²) in [6.07, 6.45) is 6.35. The van der Waals surface area contributed by atoms with E-state index >= 15 is 0 Å². The van der Waals surface area contributed by atoms with E-state index in [1.807, 2.05) is 0 Å². The second-order valence-corrected chi connectivity index (χ2v) is 3.09. The molecule has 5 heteroatoms. The number of carbonyl (C=O) groups excluding carboxylic acids is 2. The third-order valence-electron chi connectivity index (χ3n) is 1.77. The highest BCUT2D eigenvalue weighted by molar-refractivity contribution is 5.93. The fourth-order valence-electron chi connectivity index (χ4n) is 1.09. The van der Waals surface area contributed by atoms with Crippen molar-refractivity contribution in [2.45, 2.75) is 19.3 Å². The fourth-order valence-corrected chi connectivity index (χ4v) is 1.09. The van der Waals surface area contributed by atoms with E-state index < -0.39 is 18.4 Å². The highest BCUT2D eigenvalue weighted by Gasteiger charge is 2.26. The van der Waals surface area contributed by atoms with Gasteiger partial charge in [-0.1, -0.05) is 5.92 Å². The van der Waals surface area contributed by atoms with Crippen LogP contribution in [0.3, 0.4) is 0 Å². The van der Waals surface area contributed by atoms with Crippen molar-refractivity contribution in [2.75, 3.05) is 13.2 Å². The van der Waals surface area contributed by atoms with E-state index in [-0.39, 0.29) is 19.0 Å². The van der Waals surface area contributed by atoms with Gasteiger partial charge >= 0.3 is 5.97 Å². The van der Waals surface area contributed by atoms with Gasteiger partial charge in [-0.25, -0.2) is 0 Å². The molecule has 0 aromatic carbocycles. The van der Waals surface area contributed by atoms with Gasteiger partial charge in [-0.3, -0.25) is 9.59 Å². The minimum atomic E-state index is -1.01. The second-order valence-electron chi connectivity index (χ2n) is 3.09. The average molecular weight is 224 g/mol. The maximum Gasteiger partial charge on any atom is 0.302 e. The van der Waals surface area contributed by atoms with Crippen LogP contribution in [0.25, 0.3) is 0 Å². The number of rotatable bonds is 4. The number of hydrogen-bond acceptors (Lipinski definition) is 5. The highest BCUT2D eigenvalue weighted by atomic mass is 16.7. The molecular weight excluding hydrogens is 212 g/mol. The maximum atomic E-state index is 11.3. The molecular formula is C11H12O5. The number of ether oxygens (including phenoxy) is 3. The lowest BCUT2D eigenvalue weighted by atomic mass is 10.2. The predicted octanol–water partition coefficient (Wildman–Crippen LogP) is 0.0495. The predicted molar refractivity (Wildman–Crippen MR) is 54.2 cm³/mol. The number of ketones is 1. The van der Waals surface area contributed by atoms with Gasteiger partial charge in [0.2, 0.25) is 12.1 Å². The molecule has 0 radical (unpaired) electrons. The summed E-state index contributed by atoms with van der Waals surface area (Å²) < 4.78 is 14.9. The molecule has 1 aliphatic heterocycles. The third kappa shape index (κ3) is 3.85. The molecule has 86 valence electrons. The van der Waals surface area contributed by atoms with Crippen molar-refractivity contribution in [3.05, 3.63) is 12.2 Å². The number of hydrogen-bond donors (Lipinski definition) is 0. The Kier molecular flexibility index (Phi) is 4.70. The molecule has 5 nitrogen and oxygen atoms in total. The van der Waals surface area contributed by atoms with Crippen LogP contribution in [0.4, 0.5) is 0 Å². The lowest BCUT2D eigenvalue weighted by molar-refractivity contribution is -0.181. The van der Waals surface area contributed by atoms with Crippen molar-refractivity contribution in [1.82, 2.24) is 0 Å². The first-order valence-corrected chi connectivity index (χ1v) is 4.69. The summed E-state index contributed by atoms with van der Waals surface area (Å²) in [5.41, 5.74) is 0. The zero-order valence-electron chi connectivity index (χ0n) is 8.84. The van der Waals surface area contributed by atoms with Gasteiger partial charge in [0.1, 0.15) is 19.3 Å². The lowest BCUT2D eigenvalue weighted by Crippen LogP contribution is -2.36. The van der Waals surface area contributed by atoms with Crippen molar-refractivity contribution in [3.8, 4) is 12.3 Å². The minimum Gasteiger partial charge on any atom is -0.463 e. The Morgan fingerprint density at radius 2 is 2.44 bits per heavy atom. The summed E-state index contributed by atoms with van der Waals surface area (Å²) in [4.78, 5) is 21.8. The van der Waals surface area contributed by atoms with E-state index in [1.165, 1.54) is 19.1 Å². The monoisotopic (exact) mass is 224 g/mol. The molecule has 16 heavy (non-hydrogen) atoms. The van der Waals surface area contributed by atoms with E-state index in [2.05, 4.69) is 5.92 Å². The molecule has 0 N–H and O–H groups in total. The molecule has 0 amide bonds. The molecule has 0 aliphatic carbocycles. The molecule has 1 heterocycles. The van der Waals surface area contributed by atoms with Crippen LogP contribution in [0, 0.1) is 12.3 Å². The van der Waals surface area contributed by atoms with Crippen LogP contribution in [-0.2, 0) is 23.8 Å². The van der Waals surface area contributed by atoms with Gasteiger partial charge in [0.25, 0.3) is 0 Å². The second kappa shape index (κ2) is 6.05. The Labute approximate surface area is 93.4 Å².